The Bertz CT molecular complexity index is 1560. The fourth-order valence-electron chi connectivity index (χ4n) is 6.00. The van der Waals surface area contributed by atoms with Crippen molar-refractivity contribution in [3.05, 3.63) is 161 Å². The van der Waals surface area contributed by atoms with Gasteiger partial charge < -0.3 is 9.64 Å². The average molecular weight is 550 g/mol. The molecule has 0 saturated heterocycles. The standard InChI is InChI=1S/C40H39NO/c1-2-42-29-28-31-20-24-36(25-21-31)41(40-19-11-17-33-16-9-10-18-38(33)40)37-26-22-32(23-27-37)30-39(34-12-5-3-6-13-34)35-14-7-4-8-15-35/h3-8,11-15,17,19-27,30H,2,9-10,16,18,28-29H2,1H3. The minimum atomic E-state index is 0.758. The lowest BCUT2D eigenvalue weighted by atomic mass is 9.89. The number of rotatable bonds is 10. The molecule has 0 aromatic heterocycles. The molecule has 5 aromatic rings. The predicted octanol–water partition coefficient (Wildman–Crippen LogP) is 10.2. The molecule has 2 nitrogen and oxygen atoms in total. The first-order valence-electron chi connectivity index (χ1n) is 15.3. The summed E-state index contributed by atoms with van der Waals surface area (Å²) < 4.78 is 5.60. The molecule has 5 aromatic carbocycles. The molecule has 0 aliphatic heterocycles. The molecule has 0 amide bonds. The van der Waals surface area contributed by atoms with Crippen LogP contribution in [0, 0.1) is 0 Å². The Hall–Kier alpha value is -4.40. The molecule has 0 bridgehead atoms. The van der Waals surface area contributed by atoms with Gasteiger partial charge in [0.1, 0.15) is 0 Å². The van der Waals surface area contributed by atoms with Crippen LogP contribution < -0.4 is 4.90 Å². The molecule has 0 saturated carbocycles. The maximum atomic E-state index is 5.60. The predicted molar refractivity (Wildman–Crippen MR) is 178 cm³/mol. The van der Waals surface area contributed by atoms with Crippen LogP contribution in [0.15, 0.2) is 127 Å². The smallest absolute Gasteiger partial charge is 0.0506 e. The van der Waals surface area contributed by atoms with Gasteiger partial charge in [-0.15, -0.1) is 0 Å². The van der Waals surface area contributed by atoms with Crippen LogP contribution in [0.5, 0.6) is 0 Å². The van der Waals surface area contributed by atoms with Crippen molar-refractivity contribution in [2.75, 3.05) is 18.1 Å². The van der Waals surface area contributed by atoms with E-state index in [4.69, 9.17) is 4.74 Å². The van der Waals surface area contributed by atoms with Crippen LogP contribution in [0.2, 0.25) is 0 Å². The van der Waals surface area contributed by atoms with Gasteiger partial charge in [-0.25, -0.2) is 0 Å². The van der Waals surface area contributed by atoms with Gasteiger partial charge in [0, 0.05) is 23.7 Å². The Morgan fingerprint density at radius 1 is 0.667 bits per heavy atom. The Morgan fingerprint density at radius 2 is 1.29 bits per heavy atom. The Balaban J connectivity index is 1.38. The van der Waals surface area contributed by atoms with Gasteiger partial charge in [0.2, 0.25) is 0 Å². The van der Waals surface area contributed by atoms with Crippen molar-refractivity contribution >= 4 is 28.7 Å². The zero-order valence-electron chi connectivity index (χ0n) is 24.5. The van der Waals surface area contributed by atoms with Gasteiger partial charge in [0.05, 0.1) is 6.61 Å². The third-order valence-electron chi connectivity index (χ3n) is 8.18. The van der Waals surface area contributed by atoms with E-state index in [0.29, 0.717) is 0 Å². The van der Waals surface area contributed by atoms with E-state index in [0.717, 1.165) is 26.1 Å². The highest BCUT2D eigenvalue weighted by atomic mass is 16.5. The molecule has 2 heteroatoms. The summed E-state index contributed by atoms with van der Waals surface area (Å²) >= 11 is 0. The van der Waals surface area contributed by atoms with Crippen molar-refractivity contribution < 1.29 is 4.74 Å². The van der Waals surface area contributed by atoms with E-state index >= 15 is 0 Å². The van der Waals surface area contributed by atoms with Crippen molar-refractivity contribution in [3.63, 3.8) is 0 Å². The first-order chi connectivity index (χ1) is 20.8. The normalized spacial score (nSPS) is 12.4. The third kappa shape index (κ3) is 6.40. The summed E-state index contributed by atoms with van der Waals surface area (Å²) in [6.07, 6.45) is 8.06. The Morgan fingerprint density at radius 3 is 1.93 bits per heavy atom. The minimum Gasteiger partial charge on any atom is -0.381 e. The summed E-state index contributed by atoms with van der Waals surface area (Å²) in [5, 5.41) is 0. The fraction of sp³-hybridized carbons (Fsp3) is 0.200. The molecular weight excluding hydrogens is 510 g/mol. The van der Waals surface area contributed by atoms with Crippen molar-refractivity contribution in [2.45, 2.75) is 39.0 Å². The van der Waals surface area contributed by atoms with Gasteiger partial charge in [0.25, 0.3) is 0 Å². The van der Waals surface area contributed by atoms with Crippen molar-refractivity contribution in [2.24, 2.45) is 0 Å². The fourth-order valence-corrected chi connectivity index (χ4v) is 6.00. The van der Waals surface area contributed by atoms with Crippen molar-refractivity contribution in [1.29, 1.82) is 0 Å². The van der Waals surface area contributed by atoms with Gasteiger partial charge >= 0.3 is 0 Å². The van der Waals surface area contributed by atoms with Gasteiger partial charge in [-0.3, -0.25) is 0 Å². The molecule has 42 heavy (non-hydrogen) atoms. The highest BCUT2D eigenvalue weighted by Gasteiger charge is 2.20. The summed E-state index contributed by atoms with van der Waals surface area (Å²) in [7, 11) is 0. The summed E-state index contributed by atoms with van der Waals surface area (Å²) in [6, 6.07) is 46.2. The number of aryl methyl sites for hydroxylation is 1. The van der Waals surface area contributed by atoms with Crippen molar-refractivity contribution in [1.82, 2.24) is 0 Å². The molecule has 0 radical (unpaired) electrons. The monoisotopic (exact) mass is 549 g/mol. The number of benzene rings is 5. The molecule has 1 aliphatic rings. The maximum absolute atomic E-state index is 5.60. The molecule has 6 rings (SSSR count). The second kappa shape index (κ2) is 13.5. The molecule has 0 heterocycles. The summed E-state index contributed by atoms with van der Waals surface area (Å²) in [4.78, 5) is 2.44. The number of fused-ring (bicyclic) bond motifs is 1. The third-order valence-corrected chi connectivity index (χ3v) is 8.18. The van der Waals surface area contributed by atoms with E-state index in [1.807, 2.05) is 6.92 Å². The second-order valence-electron chi connectivity index (χ2n) is 11.0. The zero-order chi connectivity index (χ0) is 28.6. The second-order valence-corrected chi connectivity index (χ2v) is 11.0. The first kappa shape index (κ1) is 27.8. The summed E-state index contributed by atoms with van der Waals surface area (Å²) in [5.74, 6) is 0. The van der Waals surface area contributed by atoms with Crippen LogP contribution in [0.3, 0.4) is 0 Å². The van der Waals surface area contributed by atoms with Crippen LogP contribution in [0.1, 0.15) is 53.1 Å². The molecule has 0 fully saturated rings. The van der Waals surface area contributed by atoms with E-state index in [-0.39, 0.29) is 0 Å². The van der Waals surface area contributed by atoms with E-state index < -0.39 is 0 Å². The summed E-state index contributed by atoms with van der Waals surface area (Å²) in [5.41, 5.74) is 12.8. The van der Waals surface area contributed by atoms with Gasteiger partial charge in [0.15, 0.2) is 0 Å². The first-order valence-corrected chi connectivity index (χ1v) is 15.3. The summed E-state index contributed by atoms with van der Waals surface area (Å²) in [6.45, 7) is 3.57. The molecule has 0 spiro atoms. The largest absolute Gasteiger partial charge is 0.381 e. The van der Waals surface area contributed by atoms with Gasteiger partial charge in [-0.1, -0.05) is 97.1 Å². The lowest BCUT2D eigenvalue weighted by Gasteiger charge is -2.30. The number of anilines is 3. The SMILES string of the molecule is CCOCCc1ccc(N(c2ccc(C=C(c3ccccc3)c3ccccc3)cc2)c2cccc3c2CCCC3)cc1. The maximum Gasteiger partial charge on any atom is 0.0506 e. The van der Waals surface area contributed by atoms with Crippen LogP contribution in [-0.2, 0) is 24.0 Å². The Kier molecular flexibility index (Phi) is 8.93. The number of hydrogen-bond donors (Lipinski definition) is 0. The van der Waals surface area contributed by atoms with Crippen LogP contribution in [0.4, 0.5) is 17.1 Å². The molecule has 0 unspecified atom stereocenters. The van der Waals surface area contributed by atoms with E-state index in [9.17, 15) is 0 Å². The van der Waals surface area contributed by atoms with Gasteiger partial charge in [-0.2, -0.15) is 0 Å². The minimum absolute atomic E-state index is 0.758. The molecular formula is C40H39NO. The van der Waals surface area contributed by atoms with Crippen LogP contribution in [-0.4, -0.2) is 13.2 Å². The van der Waals surface area contributed by atoms with Crippen LogP contribution >= 0.6 is 0 Å². The molecule has 0 N–H and O–H groups in total. The van der Waals surface area contributed by atoms with Crippen LogP contribution in [0.25, 0.3) is 11.6 Å². The molecule has 0 atom stereocenters. The molecule has 1 aliphatic carbocycles. The average Bonchev–Trinajstić information content (AvgIpc) is 3.06. The zero-order valence-corrected chi connectivity index (χ0v) is 24.5. The van der Waals surface area contributed by atoms with Gasteiger partial charge in [-0.05, 0) is 114 Å². The Labute approximate surface area is 250 Å². The number of ether oxygens (including phenoxy) is 1. The quantitative estimate of drug-likeness (QED) is 0.127. The lowest BCUT2D eigenvalue weighted by Crippen LogP contribution is -2.15. The highest BCUT2D eigenvalue weighted by Crippen LogP contribution is 2.40. The van der Waals surface area contributed by atoms with E-state index in [2.05, 4.69) is 138 Å². The van der Waals surface area contributed by atoms with Crippen molar-refractivity contribution in [3.8, 4) is 0 Å². The topological polar surface area (TPSA) is 12.5 Å². The lowest BCUT2D eigenvalue weighted by molar-refractivity contribution is 0.151. The number of hydrogen-bond acceptors (Lipinski definition) is 2. The van der Waals surface area contributed by atoms with E-state index in [1.165, 1.54) is 75.3 Å². The number of nitrogens with zero attached hydrogens (tertiary/aromatic N) is 1. The van der Waals surface area contributed by atoms with E-state index in [1.54, 1.807) is 0 Å². The highest BCUT2D eigenvalue weighted by molar-refractivity contribution is 5.91. The molecule has 210 valence electrons.